The smallest absolute Gasteiger partial charge is 0.339 e. The number of hydrogen-bond donors (Lipinski definition) is 1. The van der Waals surface area contributed by atoms with E-state index in [2.05, 4.69) is 10.3 Å². The average Bonchev–Trinajstić information content (AvgIpc) is 3.30. The van der Waals surface area contributed by atoms with E-state index < -0.39 is 5.97 Å². The summed E-state index contributed by atoms with van der Waals surface area (Å²) in [5.41, 5.74) is 2.51. The minimum atomic E-state index is -0.406. The Hall–Kier alpha value is -3.54. The summed E-state index contributed by atoms with van der Waals surface area (Å²) in [6.45, 7) is 0. The van der Waals surface area contributed by atoms with Crippen molar-refractivity contribution in [2.45, 2.75) is 0 Å². The van der Waals surface area contributed by atoms with E-state index in [0.717, 1.165) is 5.65 Å². The van der Waals surface area contributed by atoms with Crippen LogP contribution in [0.2, 0.25) is 0 Å². The minimum absolute atomic E-state index is 0.406. The van der Waals surface area contributed by atoms with Gasteiger partial charge >= 0.3 is 5.97 Å². The number of benzene rings is 1. The zero-order chi connectivity index (χ0) is 17.2. The van der Waals surface area contributed by atoms with Crippen molar-refractivity contribution >= 4 is 23.1 Å². The molecule has 0 saturated carbocycles. The van der Waals surface area contributed by atoms with Gasteiger partial charge in [0.1, 0.15) is 17.2 Å². The van der Waals surface area contributed by atoms with E-state index in [9.17, 15) is 4.79 Å². The van der Waals surface area contributed by atoms with Gasteiger partial charge in [0.25, 0.3) is 0 Å². The maximum Gasteiger partial charge on any atom is 0.339 e. The number of methoxy groups -OCH3 is 1. The highest BCUT2D eigenvalue weighted by molar-refractivity contribution is 5.97. The van der Waals surface area contributed by atoms with Crippen LogP contribution in [0.15, 0.2) is 71.5 Å². The lowest BCUT2D eigenvalue weighted by Gasteiger charge is -2.11. The summed E-state index contributed by atoms with van der Waals surface area (Å²) in [5.74, 6) is 0.945. The summed E-state index contributed by atoms with van der Waals surface area (Å²) in [6.07, 6.45) is 3.50. The predicted molar refractivity (Wildman–Crippen MR) is 94.0 cm³/mol. The number of fused-ring (bicyclic) bond motifs is 1. The number of carbonyl (C=O) groups excluding carboxylic acids is 1. The molecule has 0 radical (unpaired) electrons. The maximum absolute atomic E-state index is 12.0. The highest BCUT2D eigenvalue weighted by Crippen LogP contribution is 2.32. The Labute approximate surface area is 143 Å². The van der Waals surface area contributed by atoms with Crippen LogP contribution in [0.25, 0.3) is 17.1 Å². The third-order valence-corrected chi connectivity index (χ3v) is 3.87. The van der Waals surface area contributed by atoms with Crippen LogP contribution in [0.3, 0.4) is 0 Å². The third-order valence-electron chi connectivity index (χ3n) is 3.87. The van der Waals surface area contributed by atoms with Crippen LogP contribution in [-0.2, 0) is 4.74 Å². The van der Waals surface area contributed by atoms with Crippen LogP contribution in [0.5, 0.6) is 0 Å². The Morgan fingerprint density at radius 1 is 1.12 bits per heavy atom. The summed E-state index contributed by atoms with van der Waals surface area (Å²) in [7, 11) is 1.36. The molecule has 0 amide bonds. The number of hydrogen-bond acceptors (Lipinski definition) is 5. The topological polar surface area (TPSA) is 68.8 Å². The molecule has 6 nitrogen and oxygen atoms in total. The van der Waals surface area contributed by atoms with E-state index in [4.69, 9.17) is 9.15 Å². The first-order chi connectivity index (χ1) is 12.3. The van der Waals surface area contributed by atoms with Gasteiger partial charge in [-0.1, -0.05) is 18.2 Å². The molecule has 0 saturated heterocycles. The van der Waals surface area contributed by atoms with Gasteiger partial charge in [-0.15, -0.1) is 0 Å². The quantitative estimate of drug-likeness (QED) is 0.569. The summed E-state index contributed by atoms with van der Waals surface area (Å²) >= 11 is 0. The van der Waals surface area contributed by atoms with Gasteiger partial charge < -0.3 is 14.5 Å². The van der Waals surface area contributed by atoms with Gasteiger partial charge in [0.2, 0.25) is 0 Å². The van der Waals surface area contributed by atoms with Gasteiger partial charge in [-0.25, -0.2) is 9.78 Å². The summed E-state index contributed by atoms with van der Waals surface area (Å²) < 4.78 is 12.3. The van der Waals surface area contributed by atoms with Crippen molar-refractivity contribution in [2.75, 3.05) is 12.4 Å². The minimum Gasteiger partial charge on any atom is -0.465 e. The molecule has 0 aliphatic rings. The van der Waals surface area contributed by atoms with Crippen molar-refractivity contribution < 1.29 is 13.9 Å². The van der Waals surface area contributed by atoms with Crippen molar-refractivity contribution in [3.8, 4) is 11.5 Å². The van der Waals surface area contributed by atoms with E-state index in [1.54, 1.807) is 18.4 Å². The number of anilines is 2. The predicted octanol–water partition coefficient (Wildman–Crippen LogP) is 4.12. The van der Waals surface area contributed by atoms with Crippen molar-refractivity contribution in [1.82, 2.24) is 9.38 Å². The second-order valence-electron chi connectivity index (χ2n) is 5.38. The van der Waals surface area contributed by atoms with Crippen molar-refractivity contribution in [3.05, 3.63) is 72.6 Å². The Morgan fingerprint density at radius 3 is 2.76 bits per heavy atom. The molecule has 1 aromatic carbocycles. The highest BCUT2D eigenvalue weighted by Gasteiger charge is 2.18. The molecule has 0 bridgehead atoms. The average molecular weight is 333 g/mol. The standard InChI is InChI=1S/C19H15N3O3/c1-24-19(23)13-7-2-3-8-14(13)20-18-17(15-9-6-12-25-15)21-16-10-4-5-11-22(16)18/h2-12,20H,1H3. The largest absolute Gasteiger partial charge is 0.465 e. The van der Waals surface area contributed by atoms with Crippen molar-refractivity contribution in [2.24, 2.45) is 0 Å². The number of imidazole rings is 1. The van der Waals surface area contributed by atoms with Gasteiger partial charge in [-0.3, -0.25) is 4.40 Å². The molecule has 0 unspecified atom stereocenters. The van der Waals surface area contributed by atoms with E-state index in [0.29, 0.717) is 28.5 Å². The number of ether oxygens (including phenoxy) is 1. The zero-order valence-corrected chi connectivity index (χ0v) is 13.5. The number of esters is 1. The van der Waals surface area contributed by atoms with E-state index in [1.807, 2.05) is 53.1 Å². The first-order valence-corrected chi connectivity index (χ1v) is 7.73. The number of para-hydroxylation sites is 1. The molecule has 0 atom stereocenters. The molecule has 1 N–H and O–H groups in total. The molecule has 0 aliphatic carbocycles. The van der Waals surface area contributed by atoms with Gasteiger partial charge in [-0.05, 0) is 36.4 Å². The van der Waals surface area contributed by atoms with Gasteiger partial charge in [-0.2, -0.15) is 0 Å². The molecule has 25 heavy (non-hydrogen) atoms. The summed E-state index contributed by atoms with van der Waals surface area (Å²) in [4.78, 5) is 16.7. The molecular formula is C19H15N3O3. The Balaban J connectivity index is 1.88. The molecular weight excluding hydrogens is 318 g/mol. The first-order valence-electron chi connectivity index (χ1n) is 7.73. The van der Waals surface area contributed by atoms with Crippen LogP contribution >= 0.6 is 0 Å². The molecule has 6 heteroatoms. The summed E-state index contributed by atoms with van der Waals surface area (Å²) in [5, 5.41) is 3.31. The normalized spacial score (nSPS) is 10.8. The molecule has 3 aromatic heterocycles. The van der Waals surface area contributed by atoms with Crippen molar-refractivity contribution in [3.63, 3.8) is 0 Å². The van der Waals surface area contributed by atoms with Crippen LogP contribution in [0, 0.1) is 0 Å². The monoisotopic (exact) mass is 333 g/mol. The number of nitrogens with one attached hydrogen (secondary N) is 1. The van der Waals surface area contributed by atoms with E-state index >= 15 is 0 Å². The highest BCUT2D eigenvalue weighted by atomic mass is 16.5. The fourth-order valence-electron chi connectivity index (χ4n) is 2.71. The number of nitrogens with zero attached hydrogens (tertiary/aromatic N) is 2. The van der Waals surface area contributed by atoms with Gasteiger partial charge in [0.15, 0.2) is 5.76 Å². The molecule has 4 rings (SSSR count). The Morgan fingerprint density at radius 2 is 1.96 bits per heavy atom. The molecule has 3 heterocycles. The maximum atomic E-state index is 12.0. The van der Waals surface area contributed by atoms with E-state index in [1.165, 1.54) is 7.11 Å². The number of aromatic nitrogens is 2. The fraction of sp³-hybridized carbons (Fsp3) is 0.0526. The number of pyridine rings is 1. The van der Waals surface area contributed by atoms with Crippen LogP contribution in [0.4, 0.5) is 11.5 Å². The zero-order valence-electron chi connectivity index (χ0n) is 13.5. The lowest BCUT2D eigenvalue weighted by molar-refractivity contribution is 0.0602. The fourth-order valence-corrected chi connectivity index (χ4v) is 2.71. The third kappa shape index (κ3) is 2.63. The van der Waals surface area contributed by atoms with Gasteiger partial charge in [0.05, 0.1) is 24.6 Å². The SMILES string of the molecule is COC(=O)c1ccccc1Nc1c(-c2ccco2)nc2ccccn12. The van der Waals surface area contributed by atoms with Crippen LogP contribution < -0.4 is 5.32 Å². The van der Waals surface area contributed by atoms with Crippen LogP contribution in [0.1, 0.15) is 10.4 Å². The number of carbonyl (C=O) groups is 1. The number of rotatable bonds is 4. The van der Waals surface area contributed by atoms with Gasteiger partial charge in [0, 0.05) is 6.20 Å². The molecule has 0 spiro atoms. The molecule has 124 valence electrons. The lowest BCUT2D eigenvalue weighted by Crippen LogP contribution is -2.06. The second-order valence-corrected chi connectivity index (χ2v) is 5.38. The van der Waals surface area contributed by atoms with E-state index in [-0.39, 0.29) is 0 Å². The summed E-state index contributed by atoms with van der Waals surface area (Å²) in [6, 6.07) is 16.6. The van der Waals surface area contributed by atoms with Crippen molar-refractivity contribution in [1.29, 1.82) is 0 Å². The Kier molecular flexibility index (Phi) is 3.70. The molecule has 0 fully saturated rings. The molecule has 0 aliphatic heterocycles. The number of furan rings is 1. The Bertz CT molecular complexity index is 1040. The molecule has 4 aromatic rings. The lowest BCUT2D eigenvalue weighted by atomic mass is 10.1. The second kappa shape index (κ2) is 6.16. The first kappa shape index (κ1) is 15.0. The van der Waals surface area contributed by atoms with Crippen LogP contribution in [-0.4, -0.2) is 22.5 Å².